The molecule has 0 unspecified atom stereocenters. The Labute approximate surface area is 117 Å². The van der Waals surface area contributed by atoms with E-state index in [-0.39, 0.29) is 21.3 Å². The van der Waals surface area contributed by atoms with Gasteiger partial charge < -0.3 is 5.11 Å². The van der Waals surface area contributed by atoms with Crippen LogP contribution in [-0.2, 0) is 0 Å². The Balaban J connectivity index is 2.53. The van der Waals surface area contributed by atoms with Crippen LogP contribution in [0.2, 0.25) is 0 Å². The third-order valence-electron chi connectivity index (χ3n) is 2.39. The average Bonchev–Trinajstić information content (AvgIpc) is 2.38. The van der Waals surface area contributed by atoms with E-state index < -0.39 is 10.9 Å². The van der Waals surface area contributed by atoms with Gasteiger partial charge in [-0.3, -0.25) is 10.1 Å². The number of nitro groups is 1. The number of hydrogen-bond acceptors (Lipinski definition) is 6. The highest BCUT2D eigenvalue weighted by molar-refractivity contribution is 7.99. The molecule has 2 aromatic rings. The molecule has 8 heteroatoms. The molecule has 102 valence electrons. The predicted octanol–water partition coefficient (Wildman–Crippen LogP) is 2.54. The maximum atomic E-state index is 11.2. The Morgan fingerprint density at radius 1 is 1.40 bits per heavy atom. The van der Waals surface area contributed by atoms with Gasteiger partial charge in [0.05, 0.1) is 10.5 Å². The molecule has 0 saturated heterocycles. The van der Waals surface area contributed by atoms with E-state index >= 15 is 0 Å². The third-order valence-corrected chi connectivity index (χ3v) is 3.40. The van der Waals surface area contributed by atoms with E-state index in [1.807, 2.05) is 0 Å². The van der Waals surface area contributed by atoms with Crippen molar-refractivity contribution >= 4 is 23.4 Å². The summed E-state index contributed by atoms with van der Waals surface area (Å²) >= 11 is 0.867. The van der Waals surface area contributed by atoms with Crippen molar-refractivity contribution in [2.45, 2.75) is 17.0 Å². The van der Waals surface area contributed by atoms with Crippen LogP contribution >= 0.6 is 11.8 Å². The van der Waals surface area contributed by atoms with Crippen LogP contribution in [-0.4, -0.2) is 26.0 Å². The predicted molar refractivity (Wildman–Crippen MR) is 70.9 cm³/mol. The normalized spacial score (nSPS) is 10.2. The number of hydrogen-bond donors (Lipinski definition) is 1. The molecule has 0 bridgehead atoms. The van der Waals surface area contributed by atoms with Crippen molar-refractivity contribution in [1.29, 1.82) is 0 Å². The molecule has 0 aliphatic heterocycles. The lowest BCUT2D eigenvalue weighted by Crippen LogP contribution is -2.02. The van der Waals surface area contributed by atoms with Gasteiger partial charge >= 0.3 is 5.97 Å². The van der Waals surface area contributed by atoms with Crippen LogP contribution in [0.5, 0.6) is 0 Å². The largest absolute Gasteiger partial charge is 0.478 e. The van der Waals surface area contributed by atoms with Gasteiger partial charge in [-0.15, -0.1) is 0 Å². The Bertz CT molecular complexity index is 658. The summed E-state index contributed by atoms with van der Waals surface area (Å²) in [6.07, 6.45) is 1.51. The van der Waals surface area contributed by atoms with E-state index in [1.165, 1.54) is 24.4 Å². The molecule has 7 nitrogen and oxygen atoms in total. The zero-order valence-corrected chi connectivity index (χ0v) is 11.1. The number of carboxylic acids is 1. The Morgan fingerprint density at radius 3 is 2.75 bits per heavy atom. The van der Waals surface area contributed by atoms with E-state index in [9.17, 15) is 14.9 Å². The van der Waals surface area contributed by atoms with Gasteiger partial charge in [0.1, 0.15) is 4.90 Å². The highest BCUT2D eigenvalue weighted by Gasteiger charge is 2.23. The van der Waals surface area contributed by atoms with Gasteiger partial charge in [-0.05, 0) is 30.8 Å². The van der Waals surface area contributed by atoms with Crippen LogP contribution in [0.15, 0.2) is 40.5 Å². The molecular formula is C12H9N3O4S. The molecule has 20 heavy (non-hydrogen) atoms. The number of aromatic nitrogens is 2. The highest BCUT2D eigenvalue weighted by atomic mass is 32.2. The molecule has 0 fully saturated rings. The zero-order chi connectivity index (χ0) is 14.7. The number of aromatic carboxylic acids is 1. The fourth-order valence-corrected chi connectivity index (χ4v) is 2.51. The molecule has 2 rings (SSSR count). The summed E-state index contributed by atoms with van der Waals surface area (Å²) in [4.78, 5) is 29.7. The molecule has 0 spiro atoms. The maximum absolute atomic E-state index is 11.2. The molecule has 0 saturated carbocycles. The number of carboxylic acid groups (broad SMARTS) is 1. The molecule has 0 amide bonds. The fourth-order valence-electron chi connectivity index (χ4n) is 1.51. The Morgan fingerprint density at radius 2 is 2.15 bits per heavy atom. The summed E-state index contributed by atoms with van der Waals surface area (Å²) in [5.74, 6) is -1.23. The van der Waals surface area contributed by atoms with Crippen molar-refractivity contribution in [2.24, 2.45) is 0 Å². The summed E-state index contributed by atoms with van der Waals surface area (Å²) in [5, 5.41) is 20.4. The summed E-state index contributed by atoms with van der Waals surface area (Å²) in [5.41, 5.74) is 0.271. The summed E-state index contributed by atoms with van der Waals surface area (Å²) in [6, 6.07) is 5.59. The number of aryl methyl sites for hydroxylation is 1. The first kappa shape index (κ1) is 13.9. The van der Waals surface area contributed by atoms with Crippen LogP contribution in [0.1, 0.15) is 16.1 Å². The first-order chi connectivity index (χ1) is 9.49. The second-order valence-electron chi connectivity index (χ2n) is 3.80. The fraction of sp³-hybridized carbons (Fsp3) is 0.0833. The molecule has 0 radical (unpaired) electrons. The second-order valence-corrected chi connectivity index (χ2v) is 4.78. The first-order valence-electron chi connectivity index (χ1n) is 5.47. The molecule has 1 aromatic carbocycles. The number of carbonyl (C=O) groups is 1. The quantitative estimate of drug-likeness (QED) is 0.524. The van der Waals surface area contributed by atoms with Crippen molar-refractivity contribution in [1.82, 2.24) is 9.97 Å². The van der Waals surface area contributed by atoms with Crippen molar-refractivity contribution < 1.29 is 14.8 Å². The molecule has 0 aliphatic carbocycles. The molecule has 0 aliphatic rings. The van der Waals surface area contributed by atoms with E-state index in [1.54, 1.807) is 13.0 Å². The van der Waals surface area contributed by atoms with Crippen LogP contribution in [0, 0.1) is 17.0 Å². The van der Waals surface area contributed by atoms with Gasteiger partial charge in [0.15, 0.2) is 5.16 Å². The maximum Gasteiger partial charge on any atom is 0.337 e. The van der Waals surface area contributed by atoms with E-state index in [0.717, 1.165) is 11.8 Å². The van der Waals surface area contributed by atoms with Crippen molar-refractivity contribution in [3.8, 4) is 0 Å². The number of nitro benzene ring substituents is 1. The monoisotopic (exact) mass is 291 g/mol. The van der Waals surface area contributed by atoms with Crippen LogP contribution < -0.4 is 0 Å². The molecular weight excluding hydrogens is 282 g/mol. The smallest absolute Gasteiger partial charge is 0.337 e. The SMILES string of the molecule is Cc1ccnc(Sc2c(C(=O)O)cccc2[N+](=O)[O-])n1. The van der Waals surface area contributed by atoms with Crippen molar-refractivity contribution in [3.63, 3.8) is 0 Å². The van der Waals surface area contributed by atoms with Gasteiger partial charge in [-0.1, -0.05) is 6.07 Å². The summed E-state index contributed by atoms with van der Waals surface area (Å²) in [7, 11) is 0. The highest BCUT2D eigenvalue weighted by Crippen LogP contribution is 2.35. The third kappa shape index (κ3) is 2.91. The van der Waals surface area contributed by atoms with Crippen LogP contribution in [0.3, 0.4) is 0 Å². The van der Waals surface area contributed by atoms with Crippen LogP contribution in [0.4, 0.5) is 5.69 Å². The number of benzene rings is 1. The van der Waals surface area contributed by atoms with Crippen LogP contribution in [0.25, 0.3) is 0 Å². The topological polar surface area (TPSA) is 106 Å². The van der Waals surface area contributed by atoms with E-state index in [2.05, 4.69) is 9.97 Å². The van der Waals surface area contributed by atoms with Gasteiger partial charge in [0.2, 0.25) is 0 Å². The van der Waals surface area contributed by atoms with Gasteiger partial charge in [0, 0.05) is 18.0 Å². The molecule has 1 N–H and O–H groups in total. The average molecular weight is 291 g/mol. The van der Waals surface area contributed by atoms with E-state index in [0.29, 0.717) is 5.69 Å². The molecule has 1 heterocycles. The minimum Gasteiger partial charge on any atom is -0.478 e. The lowest BCUT2D eigenvalue weighted by molar-refractivity contribution is -0.387. The van der Waals surface area contributed by atoms with Gasteiger partial charge in [-0.25, -0.2) is 14.8 Å². The van der Waals surface area contributed by atoms with Crippen molar-refractivity contribution in [2.75, 3.05) is 0 Å². The Hall–Kier alpha value is -2.48. The summed E-state index contributed by atoms with van der Waals surface area (Å²) < 4.78 is 0. The van der Waals surface area contributed by atoms with E-state index in [4.69, 9.17) is 5.11 Å². The number of nitrogens with zero attached hydrogens (tertiary/aromatic N) is 3. The summed E-state index contributed by atoms with van der Waals surface area (Å²) in [6.45, 7) is 1.75. The second kappa shape index (κ2) is 5.66. The minimum absolute atomic E-state index is 0.0237. The first-order valence-corrected chi connectivity index (χ1v) is 6.29. The molecule has 1 aromatic heterocycles. The Kier molecular flexibility index (Phi) is 3.94. The molecule has 0 atom stereocenters. The van der Waals surface area contributed by atoms with Gasteiger partial charge in [0.25, 0.3) is 5.69 Å². The van der Waals surface area contributed by atoms with Gasteiger partial charge in [-0.2, -0.15) is 0 Å². The lowest BCUT2D eigenvalue weighted by atomic mass is 10.2. The minimum atomic E-state index is -1.23. The number of rotatable bonds is 4. The zero-order valence-electron chi connectivity index (χ0n) is 10.3. The lowest BCUT2D eigenvalue weighted by Gasteiger charge is -2.05. The van der Waals surface area contributed by atoms with Crippen molar-refractivity contribution in [3.05, 3.63) is 51.8 Å². The standard InChI is InChI=1S/C12H9N3O4S/c1-7-5-6-13-12(14-7)20-10-8(11(16)17)3-2-4-9(10)15(18)19/h2-6H,1H3,(H,16,17).